The third-order valence-corrected chi connectivity index (χ3v) is 2.01. The number of rotatable bonds is 10. The van der Waals surface area contributed by atoms with E-state index in [9.17, 15) is 0 Å². The predicted octanol–water partition coefficient (Wildman–Crippen LogP) is 1.39. The number of hydrogen-bond donors (Lipinski definition) is 2. The molecule has 86 valence electrons. The second kappa shape index (κ2) is 11.0. The quantitative estimate of drug-likeness (QED) is 0.525. The summed E-state index contributed by atoms with van der Waals surface area (Å²) in [6, 6.07) is 0.557. The SMILES string of the molecule is CCCOCCCNC(C)CNCC. The van der Waals surface area contributed by atoms with Gasteiger partial charge in [0.1, 0.15) is 0 Å². The van der Waals surface area contributed by atoms with E-state index in [2.05, 4.69) is 31.4 Å². The van der Waals surface area contributed by atoms with Gasteiger partial charge in [-0.15, -0.1) is 0 Å². The van der Waals surface area contributed by atoms with Crippen LogP contribution in [0.2, 0.25) is 0 Å². The molecule has 0 radical (unpaired) electrons. The highest BCUT2D eigenvalue weighted by Gasteiger charge is 1.98. The molecule has 0 rings (SSSR count). The van der Waals surface area contributed by atoms with Crippen molar-refractivity contribution in [3.63, 3.8) is 0 Å². The summed E-state index contributed by atoms with van der Waals surface area (Å²) in [7, 11) is 0. The first-order valence-corrected chi connectivity index (χ1v) is 5.83. The number of ether oxygens (including phenoxy) is 1. The van der Waals surface area contributed by atoms with Crippen LogP contribution in [-0.2, 0) is 4.74 Å². The third-order valence-electron chi connectivity index (χ3n) is 2.01. The third kappa shape index (κ3) is 9.96. The molecule has 0 aromatic rings. The Bertz CT molecular complexity index is 109. The fourth-order valence-corrected chi connectivity index (χ4v) is 1.20. The molecular formula is C11H26N2O. The second-order valence-corrected chi connectivity index (χ2v) is 3.63. The van der Waals surface area contributed by atoms with Crippen LogP contribution in [0.1, 0.15) is 33.6 Å². The Labute approximate surface area is 88.6 Å². The molecule has 0 fully saturated rings. The first kappa shape index (κ1) is 13.9. The predicted molar refractivity (Wildman–Crippen MR) is 61.7 cm³/mol. The lowest BCUT2D eigenvalue weighted by atomic mass is 10.3. The molecule has 3 nitrogen and oxygen atoms in total. The van der Waals surface area contributed by atoms with Crippen LogP contribution < -0.4 is 10.6 Å². The molecule has 14 heavy (non-hydrogen) atoms. The van der Waals surface area contributed by atoms with Crippen molar-refractivity contribution in [1.29, 1.82) is 0 Å². The summed E-state index contributed by atoms with van der Waals surface area (Å²) in [6.07, 6.45) is 2.22. The van der Waals surface area contributed by atoms with Gasteiger partial charge in [-0.1, -0.05) is 13.8 Å². The van der Waals surface area contributed by atoms with E-state index in [4.69, 9.17) is 4.74 Å². The molecule has 0 spiro atoms. The molecule has 3 heteroatoms. The summed E-state index contributed by atoms with van der Waals surface area (Å²) in [5, 5.41) is 6.77. The maximum absolute atomic E-state index is 5.39. The van der Waals surface area contributed by atoms with E-state index in [1.807, 2.05) is 0 Å². The molecule has 0 aliphatic heterocycles. The topological polar surface area (TPSA) is 33.3 Å². The van der Waals surface area contributed by atoms with Crippen LogP contribution in [0.3, 0.4) is 0 Å². The van der Waals surface area contributed by atoms with Crippen molar-refractivity contribution in [3.05, 3.63) is 0 Å². The summed E-state index contributed by atoms with van der Waals surface area (Å²) >= 11 is 0. The van der Waals surface area contributed by atoms with Gasteiger partial charge in [-0.2, -0.15) is 0 Å². The molecule has 0 bridgehead atoms. The lowest BCUT2D eigenvalue weighted by Gasteiger charge is -2.13. The summed E-state index contributed by atoms with van der Waals surface area (Å²) in [5.41, 5.74) is 0. The molecule has 1 atom stereocenters. The van der Waals surface area contributed by atoms with Gasteiger partial charge in [0.2, 0.25) is 0 Å². The Morgan fingerprint density at radius 3 is 2.64 bits per heavy atom. The van der Waals surface area contributed by atoms with Crippen LogP contribution in [0.4, 0.5) is 0 Å². The van der Waals surface area contributed by atoms with Gasteiger partial charge in [0.15, 0.2) is 0 Å². The molecule has 0 heterocycles. The van der Waals surface area contributed by atoms with E-state index in [0.717, 1.165) is 45.7 Å². The standard InChI is InChI=1S/C11H26N2O/c1-4-8-14-9-6-7-13-11(3)10-12-5-2/h11-13H,4-10H2,1-3H3. The minimum atomic E-state index is 0.557. The van der Waals surface area contributed by atoms with Gasteiger partial charge >= 0.3 is 0 Å². The molecule has 0 aliphatic carbocycles. The Kier molecular flexibility index (Phi) is 10.9. The summed E-state index contributed by atoms with van der Waals surface area (Å²) in [6.45, 7) is 11.4. The minimum Gasteiger partial charge on any atom is -0.381 e. The maximum atomic E-state index is 5.39. The van der Waals surface area contributed by atoms with Crippen LogP contribution in [0.5, 0.6) is 0 Å². The average Bonchev–Trinajstić information content (AvgIpc) is 2.20. The fourth-order valence-electron chi connectivity index (χ4n) is 1.20. The minimum absolute atomic E-state index is 0.557. The van der Waals surface area contributed by atoms with Crippen LogP contribution >= 0.6 is 0 Å². The van der Waals surface area contributed by atoms with Gasteiger partial charge in [-0.25, -0.2) is 0 Å². The molecule has 2 N–H and O–H groups in total. The zero-order valence-corrected chi connectivity index (χ0v) is 9.94. The highest BCUT2D eigenvalue weighted by atomic mass is 16.5. The Morgan fingerprint density at radius 2 is 2.00 bits per heavy atom. The van der Waals surface area contributed by atoms with Crippen molar-refractivity contribution in [2.24, 2.45) is 0 Å². The van der Waals surface area contributed by atoms with Crippen molar-refractivity contribution >= 4 is 0 Å². The maximum Gasteiger partial charge on any atom is 0.0478 e. The second-order valence-electron chi connectivity index (χ2n) is 3.63. The number of hydrogen-bond acceptors (Lipinski definition) is 3. The van der Waals surface area contributed by atoms with E-state index >= 15 is 0 Å². The van der Waals surface area contributed by atoms with Gasteiger partial charge < -0.3 is 15.4 Å². The number of nitrogens with one attached hydrogen (secondary N) is 2. The first-order valence-electron chi connectivity index (χ1n) is 5.83. The first-order chi connectivity index (χ1) is 6.81. The monoisotopic (exact) mass is 202 g/mol. The Balaban J connectivity index is 3.02. The van der Waals surface area contributed by atoms with Crippen LogP contribution in [0, 0.1) is 0 Å². The highest BCUT2D eigenvalue weighted by Crippen LogP contribution is 1.85. The molecule has 0 aromatic heterocycles. The average molecular weight is 202 g/mol. The van der Waals surface area contributed by atoms with Crippen LogP contribution in [-0.4, -0.2) is 38.9 Å². The Morgan fingerprint density at radius 1 is 1.21 bits per heavy atom. The van der Waals surface area contributed by atoms with Crippen molar-refractivity contribution in [2.75, 3.05) is 32.8 Å². The molecule has 0 aromatic carbocycles. The van der Waals surface area contributed by atoms with Gasteiger partial charge in [-0.05, 0) is 32.9 Å². The molecular weight excluding hydrogens is 176 g/mol. The van der Waals surface area contributed by atoms with Gasteiger partial charge in [0.05, 0.1) is 0 Å². The van der Waals surface area contributed by atoms with Gasteiger partial charge in [0.25, 0.3) is 0 Å². The van der Waals surface area contributed by atoms with Crippen molar-refractivity contribution in [2.45, 2.75) is 39.7 Å². The fraction of sp³-hybridized carbons (Fsp3) is 1.00. The van der Waals surface area contributed by atoms with Crippen molar-refractivity contribution < 1.29 is 4.74 Å². The molecule has 0 aliphatic rings. The van der Waals surface area contributed by atoms with Crippen LogP contribution in [0.15, 0.2) is 0 Å². The van der Waals surface area contributed by atoms with E-state index < -0.39 is 0 Å². The molecule has 0 saturated carbocycles. The highest BCUT2D eigenvalue weighted by molar-refractivity contribution is 4.62. The normalized spacial score (nSPS) is 13.1. The molecule has 0 amide bonds. The van der Waals surface area contributed by atoms with Crippen LogP contribution in [0.25, 0.3) is 0 Å². The van der Waals surface area contributed by atoms with E-state index in [1.54, 1.807) is 0 Å². The van der Waals surface area contributed by atoms with Gasteiger partial charge in [-0.3, -0.25) is 0 Å². The zero-order chi connectivity index (χ0) is 10.6. The lowest BCUT2D eigenvalue weighted by molar-refractivity contribution is 0.132. The molecule has 0 saturated heterocycles. The Hall–Kier alpha value is -0.120. The molecule has 1 unspecified atom stereocenters. The van der Waals surface area contributed by atoms with E-state index in [1.165, 1.54) is 0 Å². The summed E-state index contributed by atoms with van der Waals surface area (Å²) in [5.74, 6) is 0. The largest absolute Gasteiger partial charge is 0.381 e. The van der Waals surface area contributed by atoms with Crippen molar-refractivity contribution in [1.82, 2.24) is 10.6 Å². The summed E-state index contributed by atoms with van der Waals surface area (Å²) < 4.78 is 5.39. The van der Waals surface area contributed by atoms with Crippen molar-refractivity contribution in [3.8, 4) is 0 Å². The smallest absolute Gasteiger partial charge is 0.0478 e. The zero-order valence-electron chi connectivity index (χ0n) is 9.94. The van der Waals surface area contributed by atoms with E-state index in [-0.39, 0.29) is 0 Å². The van der Waals surface area contributed by atoms with E-state index in [0.29, 0.717) is 6.04 Å². The summed E-state index contributed by atoms with van der Waals surface area (Å²) in [4.78, 5) is 0. The van der Waals surface area contributed by atoms with Gasteiger partial charge in [0, 0.05) is 25.8 Å². The number of likely N-dealkylation sites (N-methyl/N-ethyl adjacent to an activating group) is 1. The lowest BCUT2D eigenvalue weighted by Crippen LogP contribution is -2.36.